The molecule has 1 amide bonds. The lowest BCUT2D eigenvalue weighted by atomic mass is 10.0. The van der Waals surface area contributed by atoms with E-state index in [1.165, 1.54) is 6.08 Å². The summed E-state index contributed by atoms with van der Waals surface area (Å²) in [5.74, 6) is 1.25. The first-order chi connectivity index (χ1) is 14.6. The number of anilines is 1. The molecule has 2 aliphatic heterocycles. The summed E-state index contributed by atoms with van der Waals surface area (Å²) in [5.41, 5.74) is 2.31. The minimum Gasteiger partial charge on any atom is -0.489 e. The monoisotopic (exact) mass is 440 g/mol. The zero-order valence-electron chi connectivity index (χ0n) is 16.0. The lowest BCUT2D eigenvalue weighted by Gasteiger charge is -2.40. The van der Waals surface area contributed by atoms with E-state index in [4.69, 9.17) is 27.9 Å². The molecule has 8 heteroatoms. The van der Waals surface area contributed by atoms with Gasteiger partial charge >= 0.3 is 0 Å². The van der Waals surface area contributed by atoms with E-state index in [2.05, 4.69) is 21.4 Å². The average molecular weight is 441 g/mol. The maximum Gasteiger partial charge on any atom is 0.246 e. The third-order valence-electron chi connectivity index (χ3n) is 5.63. The molecule has 3 heterocycles. The van der Waals surface area contributed by atoms with Crippen molar-refractivity contribution in [2.75, 3.05) is 31.1 Å². The highest BCUT2D eigenvalue weighted by Gasteiger charge is 2.35. The van der Waals surface area contributed by atoms with Crippen LogP contribution >= 0.6 is 23.2 Å². The Kier molecular flexibility index (Phi) is 4.76. The molecule has 1 atom stereocenters. The van der Waals surface area contributed by atoms with Gasteiger partial charge in [0.2, 0.25) is 5.91 Å². The quantitative estimate of drug-likeness (QED) is 0.558. The Morgan fingerprint density at radius 3 is 2.83 bits per heavy atom. The van der Waals surface area contributed by atoms with E-state index in [1.807, 2.05) is 30.3 Å². The summed E-state index contributed by atoms with van der Waals surface area (Å²) in [5, 5.41) is 1.86. The SMILES string of the molecule is C=CC(=O)N1CCN2c3ncnc4cc(-c5ccccc5Cl)c(Cl)c(c34)OC[C@@H]2C1. The van der Waals surface area contributed by atoms with Gasteiger partial charge in [0, 0.05) is 35.8 Å². The van der Waals surface area contributed by atoms with Crippen molar-refractivity contribution in [3.05, 3.63) is 59.4 Å². The molecule has 0 aliphatic carbocycles. The first-order valence-corrected chi connectivity index (χ1v) is 10.4. The van der Waals surface area contributed by atoms with Gasteiger partial charge in [-0.1, -0.05) is 48.0 Å². The maximum absolute atomic E-state index is 12.1. The number of nitrogens with zero attached hydrogens (tertiary/aromatic N) is 4. The second-order valence-corrected chi connectivity index (χ2v) is 8.07. The summed E-state index contributed by atoms with van der Waals surface area (Å²) in [4.78, 5) is 25.1. The summed E-state index contributed by atoms with van der Waals surface area (Å²) < 4.78 is 6.22. The third kappa shape index (κ3) is 2.99. The topological polar surface area (TPSA) is 58.6 Å². The first kappa shape index (κ1) is 19.2. The second-order valence-electron chi connectivity index (χ2n) is 7.29. The smallest absolute Gasteiger partial charge is 0.246 e. The number of hydrogen-bond donors (Lipinski definition) is 0. The molecule has 1 aromatic heterocycles. The molecule has 5 rings (SSSR count). The molecule has 30 heavy (non-hydrogen) atoms. The number of aromatic nitrogens is 2. The van der Waals surface area contributed by atoms with Gasteiger partial charge in [0.05, 0.1) is 22.0 Å². The summed E-state index contributed by atoms with van der Waals surface area (Å²) in [6.07, 6.45) is 2.90. The van der Waals surface area contributed by atoms with Crippen LogP contribution in [0.3, 0.4) is 0 Å². The van der Waals surface area contributed by atoms with Crippen molar-refractivity contribution in [1.29, 1.82) is 0 Å². The molecule has 6 nitrogen and oxygen atoms in total. The van der Waals surface area contributed by atoms with E-state index in [0.717, 1.165) is 27.8 Å². The summed E-state index contributed by atoms with van der Waals surface area (Å²) in [6, 6.07) is 9.41. The average Bonchev–Trinajstić information content (AvgIpc) is 2.94. The van der Waals surface area contributed by atoms with Crippen LogP contribution in [0.2, 0.25) is 10.0 Å². The van der Waals surface area contributed by atoms with Gasteiger partial charge in [0.15, 0.2) is 5.75 Å². The van der Waals surface area contributed by atoms with Crippen LogP contribution in [0, 0.1) is 0 Å². The molecule has 3 aromatic rings. The van der Waals surface area contributed by atoms with Crippen LogP contribution in [-0.4, -0.2) is 53.1 Å². The molecule has 0 saturated carbocycles. The normalized spacial score (nSPS) is 17.9. The summed E-state index contributed by atoms with van der Waals surface area (Å²) in [7, 11) is 0. The molecule has 1 saturated heterocycles. The molecule has 2 aromatic carbocycles. The van der Waals surface area contributed by atoms with Gasteiger partial charge in [0.1, 0.15) is 18.8 Å². The van der Waals surface area contributed by atoms with Crippen molar-refractivity contribution < 1.29 is 9.53 Å². The van der Waals surface area contributed by atoms with Crippen molar-refractivity contribution >= 4 is 45.8 Å². The highest BCUT2D eigenvalue weighted by molar-refractivity contribution is 6.38. The van der Waals surface area contributed by atoms with Crippen LogP contribution in [0.5, 0.6) is 5.75 Å². The molecule has 0 spiro atoms. The molecule has 1 fully saturated rings. The molecular formula is C22H18Cl2N4O2. The Balaban J connectivity index is 1.65. The third-order valence-corrected chi connectivity index (χ3v) is 6.33. The van der Waals surface area contributed by atoms with Crippen molar-refractivity contribution in [3.63, 3.8) is 0 Å². The predicted molar refractivity (Wildman–Crippen MR) is 118 cm³/mol. The number of carbonyl (C=O) groups excluding carboxylic acids is 1. The van der Waals surface area contributed by atoms with E-state index in [-0.39, 0.29) is 11.9 Å². The number of hydrogen-bond acceptors (Lipinski definition) is 5. The largest absolute Gasteiger partial charge is 0.489 e. The Labute approximate surface area is 183 Å². The number of amides is 1. The van der Waals surface area contributed by atoms with Gasteiger partial charge in [-0.15, -0.1) is 0 Å². The summed E-state index contributed by atoms with van der Waals surface area (Å²) >= 11 is 13.3. The van der Waals surface area contributed by atoms with Gasteiger partial charge in [0.25, 0.3) is 0 Å². The number of piperazine rings is 1. The molecule has 0 radical (unpaired) electrons. The summed E-state index contributed by atoms with van der Waals surface area (Å²) in [6.45, 7) is 5.73. The Morgan fingerprint density at radius 1 is 1.20 bits per heavy atom. The fourth-order valence-corrected chi connectivity index (χ4v) is 4.71. The lowest BCUT2D eigenvalue weighted by molar-refractivity contribution is -0.126. The van der Waals surface area contributed by atoms with Crippen LogP contribution in [0.4, 0.5) is 5.82 Å². The standard InChI is InChI=1S/C22H18Cl2N4O2/c1-2-18(29)27-7-8-28-13(10-27)11-30-21-19-17(25-12-26-22(19)28)9-15(20(21)24)14-5-3-4-6-16(14)23/h2-6,9,12-13H,1,7-8,10-11H2/t13-/m0/s1. The Morgan fingerprint density at radius 2 is 2.03 bits per heavy atom. The van der Waals surface area contributed by atoms with Gasteiger partial charge in [-0.05, 0) is 18.2 Å². The lowest BCUT2D eigenvalue weighted by Crippen LogP contribution is -2.56. The van der Waals surface area contributed by atoms with Gasteiger partial charge < -0.3 is 14.5 Å². The second kappa shape index (κ2) is 7.45. The Bertz CT molecular complexity index is 1180. The van der Waals surface area contributed by atoms with Crippen LogP contribution in [0.25, 0.3) is 22.0 Å². The van der Waals surface area contributed by atoms with Gasteiger partial charge in [-0.3, -0.25) is 4.79 Å². The van der Waals surface area contributed by atoms with E-state index in [0.29, 0.717) is 42.0 Å². The molecular weight excluding hydrogens is 423 g/mol. The van der Waals surface area contributed by atoms with Crippen molar-refractivity contribution in [1.82, 2.24) is 14.9 Å². The number of fused-ring (bicyclic) bond motifs is 2. The minimum absolute atomic E-state index is 0.0482. The van der Waals surface area contributed by atoms with Crippen LogP contribution in [-0.2, 0) is 4.79 Å². The number of carbonyl (C=O) groups is 1. The van der Waals surface area contributed by atoms with Crippen LogP contribution in [0.1, 0.15) is 0 Å². The molecule has 152 valence electrons. The van der Waals surface area contributed by atoms with Gasteiger partial charge in [-0.2, -0.15) is 0 Å². The Hall–Kier alpha value is -2.83. The van der Waals surface area contributed by atoms with Crippen LogP contribution < -0.4 is 9.64 Å². The zero-order valence-corrected chi connectivity index (χ0v) is 17.5. The first-order valence-electron chi connectivity index (χ1n) is 9.61. The molecule has 0 bridgehead atoms. The van der Waals surface area contributed by atoms with Crippen LogP contribution in [0.15, 0.2) is 49.3 Å². The number of halogens is 2. The van der Waals surface area contributed by atoms with E-state index < -0.39 is 0 Å². The number of ether oxygens (including phenoxy) is 1. The highest BCUT2D eigenvalue weighted by atomic mass is 35.5. The van der Waals surface area contributed by atoms with Crippen molar-refractivity contribution in [3.8, 4) is 16.9 Å². The van der Waals surface area contributed by atoms with E-state index >= 15 is 0 Å². The molecule has 0 N–H and O–H groups in total. The number of rotatable bonds is 2. The highest BCUT2D eigenvalue weighted by Crippen LogP contribution is 2.46. The van der Waals surface area contributed by atoms with Crippen molar-refractivity contribution in [2.24, 2.45) is 0 Å². The molecule has 2 aliphatic rings. The van der Waals surface area contributed by atoms with Gasteiger partial charge in [-0.25, -0.2) is 9.97 Å². The number of benzene rings is 2. The zero-order chi connectivity index (χ0) is 20.8. The minimum atomic E-state index is -0.0803. The fourth-order valence-electron chi connectivity index (χ4n) is 4.16. The maximum atomic E-state index is 12.1. The van der Waals surface area contributed by atoms with Crippen molar-refractivity contribution in [2.45, 2.75) is 6.04 Å². The molecule has 0 unspecified atom stereocenters. The fraction of sp³-hybridized carbons (Fsp3) is 0.227. The predicted octanol–water partition coefficient (Wildman–Crippen LogP) is 4.20. The van der Waals surface area contributed by atoms with E-state index in [9.17, 15) is 4.79 Å². The van der Waals surface area contributed by atoms with E-state index in [1.54, 1.807) is 11.2 Å².